The van der Waals surface area contributed by atoms with Crippen molar-refractivity contribution in [2.75, 3.05) is 7.11 Å². The number of alkyl halides is 3. The number of halogens is 4. The molecule has 0 aliphatic heterocycles. The van der Waals surface area contributed by atoms with Crippen LogP contribution in [0.15, 0.2) is 10.8 Å². The van der Waals surface area contributed by atoms with E-state index in [4.69, 9.17) is 0 Å². The first-order valence-corrected chi connectivity index (χ1v) is 6.04. The summed E-state index contributed by atoms with van der Waals surface area (Å²) in [5.74, 6) is -0.798. The van der Waals surface area contributed by atoms with Crippen LogP contribution < -0.4 is 0 Å². The molecule has 0 saturated carbocycles. The van der Waals surface area contributed by atoms with E-state index in [1.165, 1.54) is 0 Å². The monoisotopic (exact) mass is 357 g/mol. The minimum atomic E-state index is -2.77. The van der Waals surface area contributed by atoms with Crippen LogP contribution in [0, 0.1) is 0 Å². The molecule has 0 amide bonds. The van der Waals surface area contributed by atoms with Crippen LogP contribution >= 0.6 is 31.9 Å². The van der Waals surface area contributed by atoms with E-state index in [-0.39, 0.29) is 10.9 Å². The molecule has 0 aliphatic carbocycles. The van der Waals surface area contributed by atoms with Gasteiger partial charge in [-0.05, 0) is 15.9 Å². The van der Waals surface area contributed by atoms with E-state index in [9.17, 15) is 13.6 Å². The molecule has 0 fully saturated rings. The second-order valence-corrected chi connectivity index (χ2v) is 4.10. The third-order valence-electron chi connectivity index (χ3n) is 1.91. The Hall–Kier alpha value is -0.560. The number of pyridine rings is 1. The van der Waals surface area contributed by atoms with Gasteiger partial charge in [-0.15, -0.1) is 0 Å². The summed E-state index contributed by atoms with van der Waals surface area (Å²) in [6.45, 7) is 0. The lowest BCUT2D eigenvalue weighted by atomic mass is 10.1. The normalized spacial score (nSPS) is 10.6. The molecule has 0 saturated heterocycles. The first kappa shape index (κ1) is 13.5. The van der Waals surface area contributed by atoms with Gasteiger partial charge in [0, 0.05) is 17.1 Å². The average molecular weight is 359 g/mol. The summed E-state index contributed by atoms with van der Waals surface area (Å²) in [5.41, 5.74) is -0.217. The van der Waals surface area contributed by atoms with Crippen LogP contribution in [0.1, 0.15) is 27.9 Å². The molecule has 7 heteroatoms. The maximum absolute atomic E-state index is 12.7. The Morgan fingerprint density at radius 3 is 2.69 bits per heavy atom. The molecule has 3 nitrogen and oxygen atoms in total. The fourth-order valence-electron chi connectivity index (χ4n) is 1.18. The number of carbonyl (C=O) groups excluding carboxylic acids is 1. The van der Waals surface area contributed by atoms with Crippen molar-refractivity contribution in [3.8, 4) is 0 Å². The summed E-state index contributed by atoms with van der Waals surface area (Å²) >= 11 is 6.21. The second-order valence-electron chi connectivity index (χ2n) is 2.78. The van der Waals surface area contributed by atoms with Gasteiger partial charge in [-0.2, -0.15) is 0 Å². The lowest BCUT2D eigenvalue weighted by Gasteiger charge is -2.11. The predicted octanol–water partition coefficient (Wildman–Crippen LogP) is 3.46. The summed E-state index contributed by atoms with van der Waals surface area (Å²) in [6, 6.07) is 0. The highest BCUT2D eigenvalue weighted by atomic mass is 79.9. The number of rotatable bonds is 3. The van der Waals surface area contributed by atoms with Crippen molar-refractivity contribution >= 4 is 37.8 Å². The molecule has 1 heterocycles. The number of nitrogens with zero attached hydrogens (tertiary/aromatic N) is 1. The SMILES string of the molecule is COC(=O)c1c(C(F)F)cnc(Br)c1CBr. The molecule has 0 unspecified atom stereocenters. The maximum Gasteiger partial charge on any atom is 0.338 e. The molecule has 0 N–H and O–H groups in total. The molecule has 1 rings (SSSR count). The molecule has 0 bridgehead atoms. The number of hydrogen-bond acceptors (Lipinski definition) is 3. The van der Waals surface area contributed by atoms with Crippen LogP contribution in [0.2, 0.25) is 0 Å². The largest absolute Gasteiger partial charge is 0.465 e. The molecule has 0 spiro atoms. The van der Waals surface area contributed by atoms with Gasteiger partial charge in [0.1, 0.15) is 4.60 Å². The van der Waals surface area contributed by atoms with Crippen LogP contribution in [0.4, 0.5) is 8.78 Å². The molecule has 0 aromatic carbocycles. The van der Waals surface area contributed by atoms with Crippen LogP contribution in [0.3, 0.4) is 0 Å². The smallest absolute Gasteiger partial charge is 0.338 e. The summed E-state index contributed by atoms with van der Waals surface area (Å²) < 4.78 is 30.2. The Balaban J connectivity index is 3.47. The standard InChI is InChI=1S/C9H7Br2F2NO2/c1-16-9(15)6-4(2-10)7(11)14-3-5(6)8(12)13/h3,8H,2H2,1H3. The molecule has 1 aromatic rings. The highest BCUT2D eigenvalue weighted by molar-refractivity contribution is 9.10. The van der Waals surface area contributed by atoms with E-state index >= 15 is 0 Å². The van der Waals surface area contributed by atoms with Gasteiger partial charge in [-0.25, -0.2) is 18.6 Å². The lowest BCUT2D eigenvalue weighted by Crippen LogP contribution is -2.11. The topological polar surface area (TPSA) is 39.2 Å². The quantitative estimate of drug-likeness (QED) is 0.472. The van der Waals surface area contributed by atoms with Crippen LogP contribution in [-0.4, -0.2) is 18.1 Å². The highest BCUT2D eigenvalue weighted by Crippen LogP contribution is 2.30. The van der Waals surface area contributed by atoms with E-state index in [1.54, 1.807) is 0 Å². The number of ether oxygens (including phenoxy) is 1. The first-order valence-electron chi connectivity index (χ1n) is 4.12. The summed E-state index contributed by atoms with van der Waals surface area (Å²) in [5, 5.41) is 0.228. The molecule has 88 valence electrons. The number of carbonyl (C=O) groups is 1. The van der Waals surface area contributed by atoms with Gasteiger partial charge in [-0.1, -0.05) is 15.9 Å². The third-order valence-corrected chi connectivity index (χ3v) is 3.16. The molecule has 1 aromatic heterocycles. The maximum atomic E-state index is 12.7. The Bertz CT molecular complexity index is 413. The van der Waals surface area contributed by atoms with Gasteiger partial charge in [0.05, 0.1) is 18.2 Å². The molecular formula is C9H7Br2F2NO2. The Morgan fingerprint density at radius 2 is 2.25 bits per heavy atom. The van der Waals surface area contributed by atoms with Crippen molar-refractivity contribution in [3.05, 3.63) is 27.5 Å². The molecule has 0 aliphatic rings. The van der Waals surface area contributed by atoms with Crippen LogP contribution in [0.5, 0.6) is 0 Å². The zero-order valence-electron chi connectivity index (χ0n) is 8.14. The summed E-state index contributed by atoms with van der Waals surface area (Å²) in [6.07, 6.45) is -1.81. The fraction of sp³-hybridized carbons (Fsp3) is 0.333. The fourth-order valence-corrected chi connectivity index (χ4v) is 2.54. The summed E-state index contributed by atoms with van der Waals surface area (Å²) in [4.78, 5) is 15.2. The van der Waals surface area contributed by atoms with Crippen molar-refractivity contribution < 1.29 is 18.3 Å². The third kappa shape index (κ3) is 2.57. The van der Waals surface area contributed by atoms with Gasteiger partial charge in [0.25, 0.3) is 6.43 Å². The predicted molar refractivity (Wildman–Crippen MR) is 60.9 cm³/mol. The number of esters is 1. The van der Waals surface area contributed by atoms with Crippen LogP contribution in [-0.2, 0) is 10.1 Å². The Labute approximate surface area is 107 Å². The Morgan fingerprint density at radius 1 is 1.62 bits per heavy atom. The average Bonchev–Trinajstić information content (AvgIpc) is 2.27. The molecular weight excluding hydrogens is 352 g/mol. The Kier molecular flexibility index (Phi) is 4.79. The van der Waals surface area contributed by atoms with E-state index in [0.717, 1.165) is 13.3 Å². The van der Waals surface area contributed by atoms with E-state index in [1.807, 2.05) is 0 Å². The minimum absolute atomic E-state index is 0.142. The van der Waals surface area contributed by atoms with Crippen molar-refractivity contribution in [1.82, 2.24) is 4.98 Å². The van der Waals surface area contributed by atoms with Crippen LogP contribution in [0.25, 0.3) is 0 Å². The highest BCUT2D eigenvalue weighted by Gasteiger charge is 2.24. The van der Waals surface area contributed by atoms with Crippen molar-refractivity contribution in [3.63, 3.8) is 0 Å². The second kappa shape index (κ2) is 5.67. The van der Waals surface area contributed by atoms with Crippen molar-refractivity contribution in [1.29, 1.82) is 0 Å². The van der Waals surface area contributed by atoms with E-state index in [0.29, 0.717) is 10.2 Å². The van der Waals surface area contributed by atoms with E-state index in [2.05, 4.69) is 41.6 Å². The number of aromatic nitrogens is 1. The number of hydrogen-bond donors (Lipinski definition) is 0. The van der Waals surface area contributed by atoms with E-state index < -0.39 is 18.0 Å². The molecule has 16 heavy (non-hydrogen) atoms. The zero-order chi connectivity index (χ0) is 12.3. The minimum Gasteiger partial charge on any atom is -0.465 e. The zero-order valence-corrected chi connectivity index (χ0v) is 11.3. The molecule has 0 radical (unpaired) electrons. The van der Waals surface area contributed by atoms with Gasteiger partial charge < -0.3 is 4.74 Å². The van der Waals surface area contributed by atoms with Gasteiger partial charge in [0.15, 0.2) is 0 Å². The van der Waals surface area contributed by atoms with Gasteiger partial charge in [0.2, 0.25) is 0 Å². The van der Waals surface area contributed by atoms with Gasteiger partial charge in [-0.3, -0.25) is 0 Å². The van der Waals surface area contributed by atoms with Crippen molar-refractivity contribution in [2.24, 2.45) is 0 Å². The summed E-state index contributed by atoms with van der Waals surface area (Å²) in [7, 11) is 1.14. The first-order chi connectivity index (χ1) is 7.52. The number of methoxy groups -OCH3 is 1. The van der Waals surface area contributed by atoms with Crippen molar-refractivity contribution in [2.45, 2.75) is 11.8 Å². The molecule has 0 atom stereocenters. The van der Waals surface area contributed by atoms with Gasteiger partial charge >= 0.3 is 5.97 Å². The lowest BCUT2D eigenvalue weighted by molar-refractivity contribution is 0.0587.